The number of aromatic nitrogens is 4. The van der Waals surface area contributed by atoms with Crippen LogP contribution in [0.3, 0.4) is 0 Å². The minimum atomic E-state index is -5.93. The highest BCUT2D eigenvalue weighted by atomic mass is 32.2. The van der Waals surface area contributed by atoms with Gasteiger partial charge in [-0.2, -0.15) is 0 Å². The number of ether oxygens (including phenoxy) is 1. The van der Waals surface area contributed by atoms with Crippen LogP contribution in [0.2, 0.25) is 0 Å². The van der Waals surface area contributed by atoms with Crippen molar-refractivity contribution in [1.82, 2.24) is 30.2 Å². The number of phosphoric ester groups is 3. The molecule has 2 aromatic heterocycles. The van der Waals surface area contributed by atoms with E-state index in [4.69, 9.17) is 10.5 Å². The van der Waals surface area contributed by atoms with Crippen LogP contribution in [0.5, 0.6) is 0 Å². The van der Waals surface area contributed by atoms with Gasteiger partial charge in [-0.25, -0.2) is 19.3 Å². The molecular weight excluding hydrogens is 835 g/mol. The van der Waals surface area contributed by atoms with Crippen LogP contribution in [0.25, 0.3) is 11.2 Å². The van der Waals surface area contributed by atoms with E-state index in [2.05, 4.69) is 43.5 Å². The maximum absolute atomic E-state index is 12.5. The number of carbonyl (C=O) groups excluding carboxylic acids is 4. The Labute approximate surface area is 322 Å². The Morgan fingerprint density at radius 1 is 1.05 bits per heavy atom. The first-order chi connectivity index (χ1) is 25.8. The number of rotatable bonds is 22. The number of fused-ring (bicyclic) bond motifs is 1. The number of nitrogens with one attached hydrogen (secondary N) is 2. The molecule has 0 saturated carbocycles. The summed E-state index contributed by atoms with van der Waals surface area (Å²) in [5.74, 6) is -2.02. The summed E-state index contributed by atoms with van der Waals surface area (Å²) in [4.78, 5) is 107. The Morgan fingerprint density at radius 2 is 1.71 bits per heavy atom. The molecule has 2 aromatic rings. The number of Topliss-reactive ketones (excluding diaryl/α,β-unsaturated/α-hetero) is 1. The summed E-state index contributed by atoms with van der Waals surface area (Å²) in [7, 11) is -17.6. The number of nitrogens with two attached hydrogens (primary N) is 1. The lowest BCUT2D eigenvalue weighted by Gasteiger charge is -2.36. The molecule has 7 atom stereocenters. The van der Waals surface area contributed by atoms with Gasteiger partial charge < -0.3 is 69.0 Å². The molecule has 3 rings (SSSR count). The van der Waals surface area contributed by atoms with Crippen molar-refractivity contribution in [2.45, 2.75) is 71.2 Å². The molecular formula is C27H40N7O18P3S-4. The number of aliphatic hydroxyl groups is 2. The van der Waals surface area contributed by atoms with Gasteiger partial charge in [-0.3, -0.25) is 32.9 Å². The van der Waals surface area contributed by atoms with Crippen molar-refractivity contribution in [3.63, 3.8) is 0 Å². The number of nitrogen functional groups attached to an aromatic ring is 1. The van der Waals surface area contributed by atoms with Gasteiger partial charge >= 0.3 is 0 Å². The molecule has 29 heteroatoms. The topological polar surface area (TPSA) is 392 Å². The van der Waals surface area contributed by atoms with E-state index in [1.165, 1.54) is 13.8 Å². The zero-order valence-corrected chi connectivity index (χ0v) is 33.6. The lowest BCUT2D eigenvalue weighted by atomic mass is 9.87. The highest BCUT2D eigenvalue weighted by Gasteiger charge is 2.47. The van der Waals surface area contributed by atoms with E-state index in [9.17, 15) is 62.7 Å². The number of aliphatic hydroxyl groups excluding tert-OH is 2. The van der Waals surface area contributed by atoms with Gasteiger partial charge in [0.25, 0.3) is 20.8 Å². The van der Waals surface area contributed by atoms with Gasteiger partial charge in [0.05, 0.1) is 27.4 Å². The van der Waals surface area contributed by atoms with Crippen molar-refractivity contribution < 1.29 is 85.3 Å². The Hall–Kier alpha value is -2.77. The standard InChI is InChI=1S/C27H44N7O18P3S/c1-14(2)9-15(35)26(40)56-8-7-29-17(36)5-6-30-24(39)21(38)27(3,4)11-49-55(46,47)52-54(44,45)48-10-16-20(51-53(41,42)43)19(37)25(50-16)34-13-33-18-22(28)31-12-32-23(18)34/h12-14,16,19-21,25,37-38H,5-11H2,1-4H3,(H,29,36)(H,30,39)(H,44,45)(H,46,47)(H2,28,31,32)(H2,41,42,43)/p-4. The van der Waals surface area contributed by atoms with Crippen molar-refractivity contribution in [3.05, 3.63) is 12.7 Å². The quantitative estimate of drug-likeness (QED) is 0.0440. The fourth-order valence-electron chi connectivity index (χ4n) is 4.79. The summed E-state index contributed by atoms with van der Waals surface area (Å²) in [5, 5.41) is 25.4. The summed E-state index contributed by atoms with van der Waals surface area (Å²) in [6.45, 7) is 3.43. The Balaban J connectivity index is 1.49. The number of ketones is 1. The molecule has 3 heterocycles. The number of phosphoric acid groups is 3. The number of amides is 2. The van der Waals surface area contributed by atoms with Crippen molar-refractivity contribution in [2.75, 3.05) is 37.8 Å². The largest absolute Gasteiger partial charge is 0.790 e. The van der Waals surface area contributed by atoms with Crippen molar-refractivity contribution in [1.29, 1.82) is 0 Å². The number of anilines is 1. The second-order valence-corrected chi connectivity index (χ2v) is 18.3. The van der Waals surface area contributed by atoms with Crippen LogP contribution in [0.4, 0.5) is 5.82 Å². The minimum Gasteiger partial charge on any atom is -0.790 e. The highest BCUT2D eigenvalue weighted by molar-refractivity contribution is 8.15. The third-order valence-electron chi connectivity index (χ3n) is 7.53. The SMILES string of the molecule is CC(C)CC(=O)C(=O)SCCNC(=O)CCNC(=O)C(O)C(C)(C)COP(=O)([O-])OP(=O)([O-])OCC1OC(n2cnc3c(N)ncnc32)C(O)C1OP(=O)([O-])[O-]. The summed E-state index contributed by atoms with van der Waals surface area (Å²) < 4.78 is 60.4. The summed E-state index contributed by atoms with van der Waals surface area (Å²) in [5.41, 5.74) is 4.02. The summed E-state index contributed by atoms with van der Waals surface area (Å²) in [6, 6.07) is 0. The summed E-state index contributed by atoms with van der Waals surface area (Å²) in [6.07, 6.45) is -7.61. The molecule has 6 N–H and O–H groups in total. The first-order valence-electron chi connectivity index (χ1n) is 16.3. The molecule has 0 aromatic carbocycles. The third kappa shape index (κ3) is 14.3. The predicted octanol–water partition coefficient (Wildman–Crippen LogP) is -3.25. The van der Waals surface area contributed by atoms with E-state index in [1.54, 1.807) is 13.8 Å². The van der Waals surface area contributed by atoms with Crippen LogP contribution in [0, 0.1) is 11.3 Å². The molecule has 7 unspecified atom stereocenters. The smallest absolute Gasteiger partial charge is 0.274 e. The second-order valence-electron chi connectivity index (χ2n) is 13.1. The lowest BCUT2D eigenvalue weighted by Crippen LogP contribution is -2.46. The van der Waals surface area contributed by atoms with Crippen molar-refractivity contribution >= 4 is 74.9 Å². The van der Waals surface area contributed by atoms with Crippen LogP contribution in [0.15, 0.2) is 12.7 Å². The van der Waals surface area contributed by atoms with Gasteiger partial charge in [0, 0.05) is 37.1 Å². The van der Waals surface area contributed by atoms with Crippen LogP contribution < -0.4 is 35.9 Å². The van der Waals surface area contributed by atoms with E-state index in [-0.39, 0.29) is 54.6 Å². The predicted molar refractivity (Wildman–Crippen MR) is 183 cm³/mol. The Kier molecular flexibility index (Phi) is 16.8. The zero-order chi connectivity index (χ0) is 42.2. The van der Waals surface area contributed by atoms with Crippen LogP contribution in [-0.4, -0.2) is 109 Å². The number of carbonyl (C=O) groups is 4. The minimum absolute atomic E-state index is 0.0217. The molecule has 1 aliphatic rings. The van der Waals surface area contributed by atoms with Gasteiger partial charge in [0.2, 0.25) is 17.6 Å². The van der Waals surface area contributed by atoms with E-state index < -0.39 is 95.5 Å². The van der Waals surface area contributed by atoms with Gasteiger partial charge in [0.1, 0.15) is 36.3 Å². The van der Waals surface area contributed by atoms with Gasteiger partial charge in [0.15, 0.2) is 17.7 Å². The monoisotopic (exact) mass is 875 g/mol. The number of hydrogen-bond acceptors (Lipinski definition) is 23. The maximum atomic E-state index is 12.5. The zero-order valence-electron chi connectivity index (χ0n) is 30.1. The van der Waals surface area contributed by atoms with E-state index >= 15 is 0 Å². The van der Waals surface area contributed by atoms with Gasteiger partial charge in [-0.1, -0.05) is 39.5 Å². The van der Waals surface area contributed by atoms with Gasteiger partial charge in [-0.15, -0.1) is 0 Å². The number of thioether (sulfide) groups is 1. The molecule has 2 amide bonds. The van der Waals surface area contributed by atoms with Crippen LogP contribution in [-0.2, 0) is 55.5 Å². The van der Waals surface area contributed by atoms with Crippen molar-refractivity contribution in [2.24, 2.45) is 11.3 Å². The molecule has 1 aliphatic heterocycles. The highest BCUT2D eigenvalue weighted by Crippen LogP contribution is 2.56. The maximum Gasteiger partial charge on any atom is 0.274 e. The average Bonchev–Trinajstić information content (AvgIpc) is 3.64. The summed E-state index contributed by atoms with van der Waals surface area (Å²) >= 11 is 0.759. The molecule has 0 radical (unpaired) electrons. The molecule has 0 bridgehead atoms. The second kappa shape index (κ2) is 19.8. The van der Waals surface area contributed by atoms with Crippen LogP contribution >= 0.6 is 35.2 Å². The fourth-order valence-corrected chi connectivity index (χ4v) is 8.16. The molecule has 25 nitrogen and oxygen atoms in total. The first-order valence-corrected chi connectivity index (χ1v) is 21.7. The normalized spacial score (nSPS) is 21.7. The Bertz CT molecular complexity index is 1880. The fraction of sp³-hybridized carbons (Fsp3) is 0.667. The van der Waals surface area contributed by atoms with E-state index in [0.717, 1.165) is 29.0 Å². The molecule has 0 aliphatic carbocycles. The molecule has 316 valence electrons. The number of imidazole rings is 1. The lowest BCUT2D eigenvalue weighted by molar-refractivity contribution is -0.347. The van der Waals surface area contributed by atoms with E-state index in [0.29, 0.717) is 0 Å². The molecule has 56 heavy (non-hydrogen) atoms. The van der Waals surface area contributed by atoms with E-state index in [1.807, 2.05) is 0 Å². The average molecular weight is 876 g/mol. The Morgan fingerprint density at radius 3 is 2.36 bits per heavy atom. The molecule has 1 fully saturated rings. The third-order valence-corrected chi connectivity index (χ3v) is 11.4. The molecule has 1 saturated heterocycles. The molecule has 0 spiro atoms. The number of nitrogens with zero attached hydrogens (tertiary/aromatic N) is 4. The van der Waals surface area contributed by atoms with Crippen LogP contribution in [0.1, 0.15) is 46.8 Å². The van der Waals surface area contributed by atoms with Gasteiger partial charge in [-0.05, 0) is 5.92 Å². The first kappa shape index (κ1) is 47.6. The number of hydrogen-bond donors (Lipinski definition) is 5. The van der Waals surface area contributed by atoms with Crippen molar-refractivity contribution in [3.8, 4) is 0 Å².